The molecule has 0 unspecified atom stereocenters. The maximum absolute atomic E-state index is 12.1. The van der Waals surface area contributed by atoms with Crippen molar-refractivity contribution in [1.82, 2.24) is 25.6 Å². The van der Waals surface area contributed by atoms with E-state index in [0.717, 1.165) is 43.6 Å². The predicted octanol–water partition coefficient (Wildman–Crippen LogP) is 2.63. The lowest BCUT2D eigenvalue weighted by atomic mass is 10.1. The first-order valence-corrected chi connectivity index (χ1v) is 10.3. The molecule has 10 heteroatoms. The first kappa shape index (κ1) is 26.5. The highest BCUT2D eigenvalue weighted by molar-refractivity contribution is 14.0. The monoisotopic (exact) mass is 536 g/mol. The van der Waals surface area contributed by atoms with Gasteiger partial charge in [-0.05, 0) is 26.7 Å². The van der Waals surface area contributed by atoms with E-state index in [9.17, 15) is 4.79 Å². The van der Waals surface area contributed by atoms with Crippen molar-refractivity contribution in [3.63, 3.8) is 0 Å². The van der Waals surface area contributed by atoms with Crippen LogP contribution in [0.4, 0.5) is 4.79 Å². The molecule has 1 aromatic rings. The van der Waals surface area contributed by atoms with Gasteiger partial charge in [-0.15, -0.1) is 24.0 Å². The summed E-state index contributed by atoms with van der Waals surface area (Å²) < 4.78 is 10.8. The SMILES string of the molecule is CN=C(NCCN1CCN(C(=O)OC(C)(C)C)CC1)NCc1cc(C(C)C)no1.I. The van der Waals surface area contributed by atoms with Crippen LogP contribution in [0.3, 0.4) is 0 Å². The number of nitrogens with one attached hydrogen (secondary N) is 2. The van der Waals surface area contributed by atoms with Crippen LogP contribution in [0, 0.1) is 0 Å². The summed E-state index contributed by atoms with van der Waals surface area (Å²) in [4.78, 5) is 20.5. The van der Waals surface area contributed by atoms with E-state index >= 15 is 0 Å². The minimum atomic E-state index is -0.455. The Balaban J connectivity index is 0.00000450. The standard InChI is InChI=1S/C20H36N6O3.HI/c1-15(2)17-13-16(29-24-17)14-23-18(21-6)22-7-8-25-9-11-26(12-10-25)19(27)28-20(3,4)5;/h13,15H,7-12,14H2,1-6H3,(H2,21,22,23);1H. The average molecular weight is 536 g/mol. The molecule has 2 rings (SSSR count). The fourth-order valence-electron chi connectivity index (χ4n) is 2.89. The molecule has 0 saturated carbocycles. The van der Waals surface area contributed by atoms with E-state index < -0.39 is 5.60 Å². The molecule has 0 radical (unpaired) electrons. The van der Waals surface area contributed by atoms with Gasteiger partial charge in [0.25, 0.3) is 0 Å². The van der Waals surface area contributed by atoms with E-state index in [-0.39, 0.29) is 30.1 Å². The van der Waals surface area contributed by atoms with Crippen molar-refractivity contribution >= 4 is 36.0 Å². The average Bonchev–Trinajstić information content (AvgIpc) is 3.13. The molecule has 0 aromatic carbocycles. The molecule has 1 fully saturated rings. The number of rotatable bonds is 6. The number of ether oxygens (including phenoxy) is 1. The Kier molecular flexibility index (Phi) is 10.9. The molecular weight excluding hydrogens is 499 g/mol. The van der Waals surface area contributed by atoms with Gasteiger partial charge in [-0.2, -0.15) is 0 Å². The molecule has 9 nitrogen and oxygen atoms in total. The van der Waals surface area contributed by atoms with Crippen LogP contribution < -0.4 is 10.6 Å². The van der Waals surface area contributed by atoms with E-state index in [1.807, 2.05) is 26.8 Å². The van der Waals surface area contributed by atoms with E-state index in [4.69, 9.17) is 9.26 Å². The molecule has 2 N–H and O–H groups in total. The Morgan fingerprint density at radius 1 is 1.27 bits per heavy atom. The summed E-state index contributed by atoms with van der Waals surface area (Å²) in [7, 11) is 1.74. The molecule has 1 aliphatic heterocycles. The third-order valence-corrected chi connectivity index (χ3v) is 4.57. The number of hydrogen-bond donors (Lipinski definition) is 2. The molecule has 30 heavy (non-hydrogen) atoms. The number of amides is 1. The van der Waals surface area contributed by atoms with Crippen LogP contribution in [0.15, 0.2) is 15.6 Å². The minimum Gasteiger partial charge on any atom is -0.444 e. The maximum Gasteiger partial charge on any atom is 0.410 e. The zero-order valence-corrected chi connectivity index (χ0v) is 21.4. The van der Waals surface area contributed by atoms with Crippen molar-refractivity contribution in [3.05, 3.63) is 17.5 Å². The minimum absolute atomic E-state index is 0. The summed E-state index contributed by atoms with van der Waals surface area (Å²) in [5.74, 6) is 1.86. The summed E-state index contributed by atoms with van der Waals surface area (Å²) in [6.07, 6.45) is -0.229. The second kappa shape index (κ2) is 12.3. The zero-order valence-electron chi connectivity index (χ0n) is 19.0. The van der Waals surface area contributed by atoms with Crippen LogP contribution in [0.25, 0.3) is 0 Å². The quantitative estimate of drug-likeness (QED) is 0.328. The van der Waals surface area contributed by atoms with E-state index in [1.165, 1.54) is 0 Å². The van der Waals surface area contributed by atoms with Gasteiger partial charge in [0.2, 0.25) is 0 Å². The lowest BCUT2D eigenvalue weighted by Crippen LogP contribution is -2.51. The number of aliphatic imine (C=N–C) groups is 1. The highest BCUT2D eigenvalue weighted by Gasteiger charge is 2.25. The summed E-state index contributed by atoms with van der Waals surface area (Å²) in [5, 5.41) is 10.6. The number of nitrogens with zero attached hydrogens (tertiary/aromatic N) is 4. The topological polar surface area (TPSA) is 95.2 Å². The van der Waals surface area contributed by atoms with Crippen molar-refractivity contribution in [3.8, 4) is 0 Å². The van der Waals surface area contributed by atoms with E-state index in [2.05, 4.69) is 39.5 Å². The van der Waals surface area contributed by atoms with Gasteiger partial charge < -0.3 is 24.8 Å². The summed E-state index contributed by atoms with van der Waals surface area (Å²) >= 11 is 0. The number of piperazine rings is 1. The maximum atomic E-state index is 12.1. The predicted molar refractivity (Wildman–Crippen MR) is 128 cm³/mol. The summed E-state index contributed by atoms with van der Waals surface area (Å²) in [5.41, 5.74) is 0.499. The van der Waals surface area contributed by atoms with Crippen molar-refractivity contribution < 1.29 is 14.1 Å². The number of guanidine groups is 1. The largest absolute Gasteiger partial charge is 0.444 e. The second-order valence-electron chi connectivity index (χ2n) is 8.53. The van der Waals surface area contributed by atoms with Gasteiger partial charge in [0.15, 0.2) is 11.7 Å². The molecule has 1 saturated heterocycles. The first-order chi connectivity index (χ1) is 13.7. The number of halogens is 1. The van der Waals surface area contributed by atoms with Crippen molar-refractivity contribution in [1.29, 1.82) is 0 Å². The van der Waals surface area contributed by atoms with Crippen LogP contribution in [-0.2, 0) is 11.3 Å². The van der Waals surface area contributed by atoms with Crippen LogP contribution in [0.2, 0.25) is 0 Å². The van der Waals surface area contributed by atoms with Crippen molar-refractivity contribution in [2.45, 2.75) is 52.7 Å². The van der Waals surface area contributed by atoms with Crippen LogP contribution in [-0.4, -0.2) is 78.9 Å². The van der Waals surface area contributed by atoms with Gasteiger partial charge in [-0.3, -0.25) is 9.89 Å². The van der Waals surface area contributed by atoms with Gasteiger partial charge in [-0.25, -0.2) is 4.79 Å². The fraction of sp³-hybridized carbons (Fsp3) is 0.750. The highest BCUT2D eigenvalue weighted by atomic mass is 127. The van der Waals surface area contributed by atoms with Gasteiger partial charge >= 0.3 is 6.09 Å². The van der Waals surface area contributed by atoms with E-state index in [1.54, 1.807) is 11.9 Å². The second-order valence-corrected chi connectivity index (χ2v) is 8.53. The third-order valence-electron chi connectivity index (χ3n) is 4.57. The van der Waals surface area contributed by atoms with Gasteiger partial charge in [-0.1, -0.05) is 19.0 Å². The van der Waals surface area contributed by atoms with Gasteiger partial charge in [0.1, 0.15) is 5.60 Å². The Morgan fingerprint density at radius 3 is 2.47 bits per heavy atom. The molecule has 1 aliphatic rings. The third kappa shape index (κ3) is 9.07. The lowest BCUT2D eigenvalue weighted by molar-refractivity contribution is 0.0147. The number of hydrogen-bond acceptors (Lipinski definition) is 6. The van der Waals surface area contributed by atoms with Gasteiger partial charge in [0, 0.05) is 52.4 Å². The Morgan fingerprint density at radius 2 is 1.93 bits per heavy atom. The smallest absolute Gasteiger partial charge is 0.410 e. The van der Waals surface area contributed by atoms with Gasteiger partial charge in [0.05, 0.1) is 12.2 Å². The van der Waals surface area contributed by atoms with Crippen LogP contribution in [0.5, 0.6) is 0 Å². The molecule has 2 heterocycles. The molecule has 1 aromatic heterocycles. The number of carbonyl (C=O) groups is 1. The lowest BCUT2D eigenvalue weighted by Gasteiger charge is -2.35. The molecule has 0 spiro atoms. The molecule has 172 valence electrons. The number of carbonyl (C=O) groups excluding carboxylic acids is 1. The van der Waals surface area contributed by atoms with E-state index in [0.29, 0.717) is 25.6 Å². The summed E-state index contributed by atoms with van der Waals surface area (Å²) in [6.45, 7) is 15.1. The summed E-state index contributed by atoms with van der Waals surface area (Å²) in [6, 6.07) is 1.97. The normalized spacial score (nSPS) is 15.7. The van der Waals surface area contributed by atoms with Crippen molar-refractivity contribution in [2.24, 2.45) is 4.99 Å². The molecular formula is C20H37IN6O3. The molecule has 0 bridgehead atoms. The van der Waals surface area contributed by atoms with Crippen LogP contribution >= 0.6 is 24.0 Å². The number of aromatic nitrogens is 1. The van der Waals surface area contributed by atoms with Crippen LogP contribution in [0.1, 0.15) is 52.0 Å². The zero-order chi connectivity index (χ0) is 21.4. The molecule has 1 amide bonds. The Hall–Kier alpha value is -1.56. The molecule has 0 atom stereocenters. The molecule has 0 aliphatic carbocycles. The fourth-order valence-corrected chi connectivity index (χ4v) is 2.89. The Labute approximate surface area is 197 Å². The first-order valence-electron chi connectivity index (χ1n) is 10.3. The highest BCUT2D eigenvalue weighted by Crippen LogP contribution is 2.14. The van der Waals surface area contributed by atoms with Crippen molar-refractivity contribution in [2.75, 3.05) is 46.3 Å². The Bertz CT molecular complexity index is 678.